The fraction of sp³-hybridized carbons (Fsp3) is 0.235. The lowest BCUT2D eigenvalue weighted by Gasteiger charge is -2.21. The molecule has 0 aromatic heterocycles. The number of amides is 1. The Labute approximate surface area is 119 Å². The Hall–Kier alpha value is -2.13. The SMILES string of the molecule is CCCC(=O)N(OCc1ccccc1)c1ccccc1. The van der Waals surface area contributed by atoms with Crippen molar-refractivity contribution in [3.8, 4) is 0 Å². The molecule has 0 unspecified atom stereocenters. The van der Waals surface area contributed by atoms with Gasteiger partial charge >= 0.3 is 0 Å². The maximum Gasteiger partial charge on any atom is 0.250 e. The number of nitrogens with zero attached hydrogens (tertiary/aromatic N) is 1. The van der Waals surface area contributed by atoms with Crippen LogP contribution in [0.2, 0.25) is 0 Å². The maximum absolute atomic E-state index is 12.2. The second kappa shape index (κ2) is 7.46. The van der Waals surface area contributed by atoms with E-state index in [0.29, 0.717) is 13.0 Å². The third-order valence-corrected chi connectivity index (χ3v) is 2.88. The Kier molecular flexibility index (Phi) is 5.33. The predicted octanol–water partition coefficient (Wildman–Crippen LogP) is 3.95. The van der Waals surface area contributed by atoms with Crippen molar-refractivity contribution in [1.82, 2.24) is 0 Å². The number of carbonyl (C=O) groups excluding carboxylic acids is 1. The van der Waals surface area contributed by atoms with Crippen LogP contribution in [0.5, 0.6) is 0 Å². The van der Waals surface area contributed by atoms with E-state index in [1.165, 1.54) is 5.06 Å². The van der Waals surface area contributed by atoms with Crippen LogP contribution in [0.4, 0.5) is 5.69 Å². The van der Waals surface area contributed by atoms with Crippen molar-refractivity contribution in [2.45, 2.75) is 26.4 Å². The lowest BCUT2D eigenvalue weighted by atomic mass is 10.2. The molecule has 0 radical (unpaired) electrons. The molecule has 20 heavy (non-hydrogen) atoms. The summed E-state index contributed by atoms with van der Waals surface area (Å²) >= 11 is 0. The molecule has 0 aliphatic carbocycles. The summed E-state index contributed by atoms with van der Waals surface area (Å²) in [5, 5.41) is 1.40. The first-order valence-corrected chi connectivity index (χ1v) is 6.86. The summed E-state index contributed by atoms with van der Waals surface area (Å²) in [5.74, 6) is -0.0189. The van der Waals surface area contributed by atoms with Crippen molar-refractivity contribution in [1.29, 1.82) is 0 Å². The Morgan fingerprint density at radius 1 is 1.00 bits per heavy atom. The molecule has 0 bridgehead atoms. The standard InChI is InChI=1S/C17H19NO2/c1-2-9-17(19)18(16-12-7-4-8-13-16)20-14-15-10-5-3-6-11-15/h3-8,10-13H,2,9,14H2,1H3. The van der Waals surface area contributed by atoms with E-state index in [4.69, 9.17) is 4.84 Å². The van der Waals surface area contributed by atoms with Crippen LogP contribution in [-0.2, 0) is 16.2 Å². The molecule has 0 saturated heterocycles. The van der Waals surface area contributed by atoms with Gasteiger partial charge in [-0.2, -0.15) is 5.06 Å². The molecule has 104 valence electrons. The Balaban J connectivity index is 2.09. The number of anilines is 1. The van der Waals surface area contributed by atoms with Crippen molar-refractivity contribution in [3.05, 3.63) is 66.2 Å². The van der Waals surface area contributed by atoms with Gasteiger partial charge in [0.1, 0.15) is 6.61 Å². The minimum Gasteiger partial charge on any atom is -0.272 e. The monoisotopic (exact) mass is 269 g/mol. The van der Waals surface area contributed by atoms with Crippen LogP contribution in [0.25, 0.3) is 0 Å². The molecule has 1 amide bonds. The second-order valence-electron chi connectivity index (χ2n) is 4.53. The van der Waals surface area contributed by atoms with E-state index in [1.54, 1.807) is 0 Å². The molecule has 0 saturated carbocycles. The quantitative estimate of drug-likeness (QED) is 0.743. The van der Waals surface area contributed by atoms with Gasteiger partial charge in [-0.3, -0.25) is 9.63 Å². The summed E-state index contributed by atoms with van der Waals surface area (Å²) in [4.78, 5) is 17.9. The van der Waals surface area contributed by atoms with E-state index in [-0.39, 0.29) is 5.91 Å². The highest BCUT2D eigenvalue weighted by Gasteiger charge is 2.15. The van der Waals surface area contributed by atoms with E-state index in [2.05, 4.69) is 0 Å². The highest BCUT2D eigenvalue weighted by Crippen LogP contribution is 2.17. The zero-order chi connectivity index (χ0) is 14.2. The van der Waals surface area contributed by atoms with Gasteiger partial charge in [0.15, 0.2) is 0 Å². The van der Waals surface area contributed by atoms with E-state index in [0.717, 1.165) is 17.7 Å². The fourth-order valence-electron chi connectivity index (χ4n) is 1.88. The van der Waals surface area contributed by atoms with E-state index < -0.39 is 0 Å². The van der Waals surface area contributed by atoms with Gasteiger partial charge in [0.2, 0.25) is 0 Å². The third-order valence-electron chi connectivity index (χ3n) is 2.88. The average Bonchev–Trinajstić information content (AvgIpc) is 2.50. The molecule has 0 fully saturated rings. The Morgan fingerprint density at radius 3 is 2.20 bits per heavy atom. The molecular formula is C17H19NO2. The zero-order valence-corrected chi connectivity index (χ0v) is 11.7. The van der Waals surface area contributed by atoms with Crippen LogP contribution in [-0.4, -0.2) is 5.91 Å². The molecule has 2 aromatic carbocycles. The Morgan fingerprint density at radius 2 is 1.60 bits per heavy atom. The molecule has 2 rings (SSSR count). The number of hydroxylamine groups is 1. The van der Waals surface area contributed by atoms with Gasteiger partial charge < -0.3 is 0 Å². The molecule has 0 spiro atoms. The maximum atomic E-state index is 12.2. The molecule has 0 N–H and O–H groups in total. The van der Waals surface area contributed by atoms with Crippen molar-refractivity contribution < 1.29 is 9.63 Å². The van der Waals surface area contributed by atoms with Gasteiger partial charge in [-0.15, -0.1) is 0 Å². The summed E-state index contributed by atoms with van der Waals surface area (Å²) in [7, 11) is 0. The molecule has 3 heteroatoms. The summed E-state index contributed by atoms with van der Waals surface area (Å²) in [5.41, 5.74) is 1.81. The number of para-hydroxylation sites is 1. The number of rotatable bonds is 6. The lowest BCUT2D eigenvalue weighted by molar-refractivity contribution is -0.126. The second-order valence-corrected chi connectivity index (χ2v) is 4.53. The minimum atomic E-state index is -0.0189. The minimum absolute atomic E-state index is 0.0189. The predicted molar refractivity (Wildman–Crippen MR) is 80.1 cm³/mol. The van der Waals surface area contributed by atoms with Crippen molar-refractivity contribution in [2.75, 3.05) is 5.06 Å². The van der Waals surface area contributed by atoms with Crippen molar-refractivity contribution in [2.24, 2.45) is 0 Å². The molecule has 0 aliphatic heterocycles. The molecule has 0 heterocycles. The molecular weight excluding hydrogens is 250 g/mol. The largest absolute Gasteiger partial charge is 0.272 e. The summed E-state index contributed by atoms with van der Waals surface area (Å²) < 4.78 is 0. The number of hydrogen-bond donors (Lipinski definition) is 0. The van der Waals surface area contributed by atoms with Gasteiger partial charge in [-0.1, -0.05) is 55.5 Å². The number of hydrogen-bond acceptors (Lipinski definition) is 2. The number of benzene rings is 2. The first-order valence-electron chi connectivity index (χ1n) is 6.86. The molecule has 2 aromatic rings. The third kappa shape index (κ3) is 3.93. The summed E-state index contributed by atoms with van der Waals surface area (Å²) in [6.07, 6.45) is 1.28. The van der Waals surface area contributed by atoms with Gasteiger partial charge in [0.05, 0.1) is 5.69 Å². The van der Waals surface area contributed by atoms with Gasteiger partial charge in [0.25, 0.3) is 5.91 Å². The highest BCUT2D eigenvalue weighted by atomic mass is 16.7. The van der Waals surface area contributed by atoms with Crippen LogP contribution in [0, 0.1) is 0 Å². The first kappa shape index (κ1) is 14.3. The fourth-order valence-corrected chi connectivity index (χ4v) is 1.88. The molecule has 3 nitrogen and oxygen atoms in total. The van der Waals surface area contributed by atoms with E-state index in [9.17, 15) is 4.79 Å². The lowest BCUT2D eigenvalue weighted by Crippen LogP contribution is -2.30. The average molecular weight is 269 g/mol. The summed E-state index contributed by atoms with van der Waals surface area (Å²) in [6.45, 7) is 2.36. The van der Waals surface area contributed by atoms with Gasteiger partial charge in [0, 0.05) is 6.42 Å². The van der Waals surface area contributed by atoms with E-state index >= 15 is 0 Å². The molecule has 0 aliphatic rings. The van der Waals surface area contributed by atoms with Crippen LogP contribution >= 0.6 is 0 Å². The zero-order valence-electron chi connectivity index (χ0n) is 11.7. The van der Waals surface area contributed by atoms with Crippen molar-refractivity contribution >= 4 is 11.6 Å². The van der Waals surface area contributed by atoms with E-state index in [1.807, 2.05) is 67.6 Å². The van der Waals surface area contributed by atoms with Crippen LogP contribution in [0.1, 0.15) is 25.3 Å². The normalized spacial score (nSPS) is 10.2. The van der Waals surface area contributed by atoms with Crippen molar-refractivity contribution in [3.63, 3.8) is 0 Å². The van der Waals surface area contributed by atoms with Gasteiger partial charge in [-0.25, -0.2) is 0 Å². The van der Waals surface area contributed by atoms with Crippen LogP contribution in [0.15, 0.2) is 60.7 Å². The number of carbonyl (C=O) groups is 1. The highest BCUT2D eigenvalue weighted by molar-refractivity contribution is 5.91. The first-order chi connectivity index (χ1) is 9.81. The Bertz CT molecular complexity index is 525. The van der Waals surface area contributed by atoms with Crippen LogP contribution < -0.4 is 5.06 Å². The topological polar surface area (TPSA) is 29.5 Å². The molecule has 0 atom stereocenters. The van der Waals surface area contributed by atoms with Gasteiger partial charge in [-0.05, 0) is 24.1 Å². The smallest absolute Gasteiger partial charge is 0.250 e. The van der Waals surface area contributed by atoms with Crippen LogP contribution in [0.3, 0.4) is 0 Å². The summed E-state index contributed by atoms with van der Waals surface area (Å²) in [6, 6.07) is 19.3.